The number of thiazole rings is 1. The molecule has 2 N–H and O–H groups in total. The number of para-hydroxylation sites is 1. The molecule has 0 aliphatic carbocycles. The number of anilines is 1. The zero-order chi connectivity index (χ0) is 21.2. The standard InChI is InChI=1S/C22H24N4O3S/c1-29-13-12-26(22(28)24-18-10-6-3-7-11-18)15-20-25-19(16-30-20)21(27)23-14-17-8-4-2-5-9-17/h2-11,16H,12-15H2,1H3,(H,23,27)(H,24,28). The van der Waals surface area contributed by atoms with E-state index in [1.807, 2.05) is 60.7 Å². The molecule has 0 atom stereocenters. The van der Waals surface area contributed by atoms with Crippen LogP contribution in [0, 0.1) is 0 Å². The van der Waals surface area contributed by atoms with Crippen molar-refractivity contribution in [1.29, 1.82) is 0 Å². The summed E-state index contributed by atoms with van der Waals surface area (Å²) in [7, 11) is 1.59. The second-order valence-corrected chi connectivity index (χ2v) is 7.45. The number of amides is 3. The van der Waals surface area contributed by atoms with Gasteiger partial charge in [0.2, 0.25) is 0 Å². The fourth-order valence-corrected chi connectivity index (χ4v) is 3.49. The summed E-state index contributed by atoms with van der Waals surface area (Å²) in [4.78, 5) is 31.1. The second kappa shape index (κ2) is 11.1. The summed E-state index contributed by atoms with van der Waals surface area (Å²) in [6, 6.07) is 18.7. The SMILES string of the molecule is COCCN(Cc1nc(C(=O)NCc2ccccc2)cs1)C(=O)Nc1ccccc1. The van der Waals surface area contributed by atoms with Gasteiger partial charge in [-0.1, -0.05) is 48.5 Å². The maximum Gasteiger partial charge on any atom is 0.322 e. The molecule has 0 aliphatic rings. The van der Waals surface area contributed by atoms with E-state index in [0.29, 0.717) is 42.6 Å². The molecule has 3 aromatic rings. The fraction of sp³-hybridized carbons (Fsp3) is 0.227. The number of benzene rings is 2. The number of urea groups is 1. The topological polar surface area (TPSA) is 83.6 Å². The average Bonchev–Trinajstić information content (AvgIpc) is 3.25. The Balaban J connectivity index is 1.60. The van der Waals surface area contributed by atoms with Gasteiger partial charge in [-0.3, -0.25) is 4.79 Å². The average molecular weight is 425 g/mol. The molecule has 0 aliphatic heterocycles. The Hall–Kier alpha value is -3.23. The Morgan fingerprint density at radius 2 is 1.77 bits per heavy atom. The third-order valence-electron chi connectivity index (χ3n) is 4.28. The van der Waals surface area contributed by atoms with Crippen molar-refractivity contribution in [2.24, 2.45) is 0 Å². The van der Waals surface area contributed by atoms with Gasteiger partial charge in [0.15, 0.2) is 0 Å². The van der Waals surface area contributed by atoms with Crippen molar-refractivity contribution in [1.82, 2.24) is 15.2 Å². The molecule has 0 spiro atoms. The fourth-order valence-electron chi connectivity index (χ4n) is 2.70. The van der Waals surface area contributed by atoms with E-state index in [1.165, 1.54) is 11.3 Å². The van der Waals surface area contributed by atoms with Crippen LogP contribution in [0.3, 0.4) is 0 Å². The highest BCUT2D eigenvalue weighted by Crippen LogP contribution is 2.14. The van der Waals surface area contributed by atoms with Crippen molar-refractivity contribution in [3.8, 4) is 0 Å². The summed E-state index contributed by atoms with van der Waals surface area (Å²) in [5.41, 5.74) is 2.08. The Morgan fingerprint density at radius 3 is 2.47 bits per heavy atom. The number of carbonyl (C=O) groups excluding carboxylic acids is 2. The highest BCUT2D eigenvalue weighted by molar-refractivity contribution is 7.09. The summed E-state index contributed by atoms with van der Waals surface area (Å²) in [6.07, 6.45) is 0. The minimum Gasteiger partial charge on any atom is -0.383 e. The maximum absolute atomic E-state index is 12.7. The smallest absolute Gasteiger partial charge is 0.322 e. The van der Waals surface area contributed by atoms with Gasteiger partial charge in [-0.15, -0.1) is 11.3 Å². The number of nitrogens with one attached hydrogen (secondary N) is 2. The Morgan fingerprint density at radius 1 is 1.07 bits per heavy atom. The first kappa shape index (κ1) is 21.5. The largest absolute Gasteiger partial charge is 0.383 e. The summed E-state index contributed by atoms with van der Waals surface area (Å²) in [5.74, 6) is -0.237. The van der Waals surface area contributed by atoms with Gasteiger partial charge in [0, 0.05) is 31.3 Å². The number of aromatic nitrogens is 1. The molecular weight excluding hydrogens is 400 g/mol. The van der Waals surface area contributed by atoms with Crippen LogP contribution in [-0.4, -0.2) is 42.1 Å². The molecule has 0 bridgehead atoms. The third-order valence-corrected chi connectivity index (χ3v) is 5.12. The van der Waals surface area contributed by atoms with Crippen LogP contribution in [0.2, 0.25) is 0 Å². The third kappa shape index (κ3) is 6.40. The van der Waals surface area contributed by atoms with Crippen LogP contribution >= 0.6 is 11.3 Å². The van der Waals surface area contributed by atoms with Crippen molar-refractivity contribution in [3.05, 3.63) is 82.3 Å². The maximum atomic E-state index is 12.7. The van der Waals surface area contributed by atoms with Crippen molar-refractivity contribution in [2.75, 3.05) is 25.6 Å². The molecule has 3 amide bonds. The molecular formula is C22H24N4O3S. The van der Waals surface area contributed by atoms with Crippen LogP contribution in [0.4, 0.5) is 10.5 Å². The zero-order valence-electron chi connectivity index (χ0n) is 16.7. The molecule has 1 aromatic heterocycles. The van der Waals surface area contributed by atoms with E-state index in [2.05, 4.69) is 15.6 Å². The molecule has 7 nitrogen and oxygen atoms in total. The Labute approximate surface area is 179 Å². The molecule has 0 fully saturated rings. The van der Waals surface area contributed by atoms with E-state index in [1.54, 1.807) is 17.4 Å². The predicted molar refractivity (Wildman–Crippen MR) is 117 cm³/mol. The Bertz CT molecular complexity index is 947. The summed E-state index contributed by atoms with van der Waals surface area (Å²) < 4.78 is 5.13. The number of hydrogen-bond acceptors (Lipinski definition) is 5. The van der Waals surface area contributed by atoms with E-state index >= 15 is 0 Å². The van der Waals surface area contributed by atoms with Gasteiger partial charge in [0.1, 0.15) is 10.7 Å². The molecule has 0 saturated carbocycles. The minimum absolute atomic E-state index is 0.237. The lowest BCUT2D eigenvalue weighted by molar-refractivity contribution is 0.0946. The Kier molecular flexibility index (Phi) is 7.94. The predicted octanol–water partition coefficient (Wildman–Crippen LogP) is 3.75. The quantitative estimate of drug-likeness (QED) is 0.548. The van der Waals surface area contributed by atoms with Crippen LogP contribution < -0.4 is 10.6 Å². The first-order chi connectivity index (χ1) is 14.7. The number of ether oxygens (including phenoxy) is 1. The second-order valence-electron chi connectivity index (χ2n) is 6.51. The van der Waals surface area contributed by atoms with Crippen LogP contribution in [0.25, 0.3) is 0 Å². The van der Waals surface area contributed by atoms with Gasteiger partial charge in [0.25, 0.3) is 5.91 Å². The summed E-state index contributed by atoms with van der Waals surface area (Å²) in [5, 5.41) is 8.12. The van der Waals surface area contributed by atoms with Crippen molar-refractivity contribution in [3.63, 3.8) is 0 Å². The van der Waals surface area contributed by atoms with Crippen LogP contribution in [0.5, 0.6) is 0 Å². The number of carbonyl (C=O) groups is 2. The number of hydrogen-bond donors (Lipinski definition) is 2. The molecule has 8 heteroatoms. The normalized spacial score (nSPS) is 10.4. The summed E-state index contributed by atoms with van der Waals surface area (Å²) >= 11 is 1.35. The molecule has 0 unspecified atom stereocenters. The lowest BCUT2D eigenvalue weighted by Gasteiger charge is -2.21. The molecule has 2 aromatic carbocycles. The highest BCUT2D eigenvalue weighted by atomic mass is 32.1. The van der Waals surface area contributed by atoms with Gasteiger partial charge >= 0.3 is 6.03 Å². The lowest BCUT2D eigenvalue weighted by Crippen LogP contribution is -2.36. The zero-order valence-corrected chi connectivity index (χ0v) is 17.5. The minimum atomic E-state index is -0.247. The molecule has 3 rings (SSSR count). The van der Waals surface area contributed by atoms with E-state index in [9.17, 15) is 9.59 Å². The number of rotatable bonds is 9. The van der Waals surface area contributed by atoms with Gasteiger partial charge in [0.05, 0.1) is 13.2 Å². The van der Waals surface area contributed by atoms with Crippen molar-refractivity contribution < 1.29 is 14.3 Å². The lowest BCUT2D eigenvalue weighted by atomic mass is 10.2. The molecule has 30 heavy (non-hydrogen) atoms. The highest BCUT2D eigenvalue weighted by Gasteiger charge is 2.17. The van der Waals surface area contributed by atoms with Crippen LogP contribution in [0.1, 0.15) is 21.1 Å². The van der Waals surface area contributed by atoms with Crippen molar-refractivity contribution in [2.45, 2.75) is 13.1 Å². The van der Waals surface area contributed by atoms with E-state index in [0.717, 1.165) is 5.56 Å². The van der Waals surface area contributed by atoms with Crippen LogP contribution in [0.15, 0.2) is 66.0 Å². The van der Waals surface area contributed by atoms with E-state index < -0.39 is 0 Å². The van der Waals surface area contributed by atoms with E-state index in [-0.39, 0.29) is 11.9 Å². The number of nitrogens with zero attached hydrogens (tertiary/aromatic N) is 2. The number of methoxy groups -OCH3 is 1. The van der Waals surface area contributed by atoms with Gasteiger partial charge < -0.3 is 20.3 Å². The first-order valence-corrected chi connectivity index (χ1v) is 10.4. The molecule has 156 valence electrons. The van der Waals surface area contributed by atoms with Gasteiger partial charge in [-0.25, -0.2) is 9.78 Å². The van der Waals surface area contributed by atoms with E-state index in [4.69, 9.17) is 4.74 Å². The summed E-state index contributed by atoms with van der Waals surface area (Å²) in [6.45, 7) is 1.53. The van der Waals surface area contributed by atoms with Crippen molar-refractivity contribution >= 4 is 29.0 Å². The van der Waals surface area contributed by atoms with Gasteiger partial charge in [-0.2, -0.15) is 0 Å². The van der Waals surface area contributed by atoms with Gasteiger partial charge in [-0.05, 0) is 17.7 Å². The molecule has 0 radical (unpaired) electrons. The van der Waals surface area contributed by atoms with Crippen LogP contribution in [-0.2, 0) is 17.8 Å². The molecule has 1 heterocycles. The first-order valence-electron chi connectivity index (χ1n) is 9.52. The molecule has 0 saturated heterocycles. The monoisotopic (exact) mass is 424 g/mol.